The highest BCUT2D eigenvalue weighted by atomic mass is 79.9. The maximum Gasteiger partial charge on any atom is 0.335 e. The van der Waals surface area contributed by atoms with Gasteiger partial charge in [0.15, 0.2) is 0 Å². The number of hydrogen-bond acceptors (Lipinski definition) is 2. The second kappa shape index (κ2) is 7.20. The van der Waals surface area contributed by atoms with Gasteiger partial charge in [0.2, 0.25) is 0 Å². The van der Waals surface area contributed by atoms with E-state index in [0.29, 0.717) is 6.54 Å². The largest absolute Gasteiger partial charge is 0.478 e. The Hall–Kier alpha value is -1.17. The second-order valence-corrected chi connectivity index (χ2v) is 6.54. The molecule has 0 unspecified atom stereocenters. The average Bonchev–Trinajstić information content (AvgIpc) is 2.45. The topological polar surface area (TPSA) is 49.3 Å². The van der Waals surface area contributed by atoms with Crippen LogP contribution in [0.1, 0.15) is 34.5 Å². The molecule has 0 bridgehead atoms. The van der Waals surface area contributed by atoms with Crippen LogP contribution in [0.3, 0.4) is 0 Å². The first-order chi connectivity index (χ1) is 9.97. The zero-order chi connectivity index (χ0) is 15.4. The van der Waals surface area contributed by atoms with Gasteiger partial charge in [0.25, 0.3) is 0 Å². The van der Waals surface area contributed by atoms with Gasteiger partial charge in [0.05, 0.1) is 5.56 Å². The van der Waals surface area contributed by atoms with Crippen LogP contribution in [-0.2, 0) is 6.54 Å². The van der Waals surface area contributed by atoms with Gasteiger partial charge in [-0.05, 0) is 42.3 Å². The Balaban J connectivity index is 2.04. The highest BCUT2D eigenvalue weighted by Gasteiger charge is 2.09. The third kappa shape index (κ3) is 4.40. The molecule has 0 amide bonds. The minimum Gasteiger partial charge on any atom is -0.478 e. The van der Waals surface area contributed by atoms with Crippen molar-refractivity contribution in [2.24, 2.45) is 0 Å². The van der Waals surface area contributed by atoms with Crippen LogP contribution in [0.2, 0.25) is 0 Å². The summed E-state index contributed by atoms with van der Waals surface area (Å²) in [6.45, 7) is 2.76. The standard InChI is InChI=1S/C16H15Br2NO2/c1-10(11-3-2-4-14(17)7-11)19-9-13-6-5-12(16(20)21)8-15(13)18/h2-8,10,19H,9H2,1H3,(H,20,21)/t10-/m0/s1. The number of aromatic carboxylic acids is 1. The van der Waals surface area contributed by atoms with E-state index in [1.165, 1.54) is 5.56 Å². The quantitative estimate of drug-likeness (QED) is 0.744. The molecule has 0 radical (unpaired) electrons. The smallest absolute Gasteiger partial charge is 0.335 e. The fraction of sp³-hybridized carbons (Fsp3) is 0.188. The van der Waals surface area contributed by atoms with Crippen molar-refractivity contribution in [2.75, 3.05) is 0 Å². The molecule has 3 nitrogen and oxygen atoms in total. The van der Waals surface area contributed by atoms with Gasteiger partial charge in [-0.1, -0.05) is 50.1 Å². The van der Waals surface area contributed by atoms with Crippen LogP contribution in [0.15, 0.2) is 51.4 Å². The molecule has 0 aliphatic rings. The lowest BCUT2D eigenvalue weighted by atomic mass is 10.1. The number of carbonyl (C=O) groups is 1. The van der Waals surface area contributed by atoms with Crippen LogP contribution >= 0.6 is 31.9 Å². The van der Waals surface area contributed by atoms with Gasteiger partial charge >= 0.3 is 5.97 Å². The molecule has 1 atom stereocenters. The second-order valence-electron chi connectivity index (χ2n) is 4.77. The van der Waals surface area contributed by atoms with Crippen LogP contribution in [-0.4, -0.2) is 11.1 Å². The van der Waals surface area contributed by atoms with Crippen LogP contribution in [0.5, 0.6) is 0 Å². The Kier molecular flexibility index (Phi) is 5.56. The molecule has 0 saturated heterocycles. The molecule has 0 aliphatic carbocycles. The Morgan fingerprint density at radius 1 is 1.24 bits per heavy atom. The monoisotopic (exact) mass is 411 g/mol. The molecule has 2 aromatic rings. The number of rotatable bonds is 5. The minimum absolute atomic E-state index is 0.202. The van der Waals surface area contributed by atoms with Gasteiger partial charge in [-0.15, -0.1) is 0 Å². The lowest BCUT2D eigenvalue weighted by Gasteiger charge is -2.15. The van der Waals surface area contributed by atoms with E-state index in [1.807, 2.05) is 18.2 Å². The summed E-state index contributed by atoms with van der Waals surface area (Å²) in [5.41, 5.74) is 2.51. The molecular weight excluding hydrogens is 398 g/mol. The van der Waals surface area contributed by atoms with E-state index in [2.05, 4.69) is 56.2 Å². The van der Waals surface area contributed by atoms with Gasteiger partial charge in [0.1, 0.15) is 0 Å². The zero-order valence-corrected chi connectivity index (χ0v) is 14.6. The maximum atomic E-state index is 10.9. The van der Waals surface area contributed by atoms with Crippen LogP contribution < -0.4 is 5.32 Å². The predicted molar refractivity (Wildman–Crippen MR) is 90.5 cm³/mol. The molecule has 0 heterocycles. The summed E-state index contributed by atoms with van der Waals surface area (Å²) in [6, 6.07) is 13.4. The maximum absolute atomic E-state index is 10.9. The number of halogens is 2. The Labute approximate surface area is 140 Å². The Morgan fingerprint density at radius 2 is 2.00 bits per heavy atom. The molecule has 2 aromatic carbocycles. The predicted octanol–water partition coefficient (Wildman–Crippen LogP) is 4.76. The molecule has 0 aliphatic heterocycles. The van der Waals surface area contributed by atoms with Gasteiger partial charge in [-0.25, -0.2) is 4.79 Å². The number of nitrogens with one attached hydrogen (secondary N) is 1. The van der Waals surface area contributed by atoms with Crippen LogP contribution in [0.4, 0.5) is 0 Å². The molecule has 0 saturated carbocycles. The van der Waals surface area contributed by atoms with E-state index in [-0.39, 0.29) is 11.6 Å². The van der Waals surface area contributed by atoms with Crippen molar-refractivity contribution in [1.29, 1.82) is 0 Å². The lowest BCUT2D eigenvalue weighted by molar-refractivity contribution is 0.0697. The van der Waals surface area contributed by atoms with Crippen molar-refractivity contribution in [2.45, 2.75) is 19.5 Å². The third-order valence-electron chi connectivity index (χ3n) is 3.25. The van der Waals surface area contributed by atoms with Gasteiger partial charge in [0, 0.05) is 21.5 Å². The normalized spacial score (nSPS) is 12.1. The van der Waals surface area contributed by atoms with Crippen molar-refractivity contribution in [3.63, 3.8) is 0 Å². The number of carboxylic acid groups (broad SMARTS) is 1. The van der Waals surface area contributed by atoms with E-state index < -0.39 is 5.97 Å². The fourth-order valence-corrected chi connectivity index (χ4v) is 2.92. The van der Waals surface area contributed by atoms with E-state index in [4.69, 9.17) is 5.11 Å². The minimum atomic E-state index is -0.919. The summed E-state index contributed by atoms with van der Waals surface area (Å²) in [5.74, 6) is -0.919. The molecular formula is C16H15Br2NO2. The van der Waals surface area contributed by atoms with E-state index in [9.17, 15) is 4.79 Å². The van der Waals surface area contributed by atoms with E-state index in [1.54, 1.807) is 12.1 Å². The number of hydrogen-bond donors (Lipinski definition) is 2. The summed E-state index contributed by atoms with van der Waals surface area (Å²) in [7, 11) is 0. The molecule has 2 N–H and O–H groups in total. The molecule has 110 valence electrons. The van der Waals surface area contributed by atoms with E-state index in [0.717, 1.165) is 14.5 Å². The molecule has 21 heavy (non-hydrogen) atoms. The number of benzene rings is 2. The lowest BCUT2D eigenvalue weighted by Crippen LogP contribution is -2.18. The SMILES string of the molecule is C[C@H](NCc1ccc(C(=O)O)cc1Br)c1cccc(Br)c1. The highest BCUT2D eigenvalue weighted by Crippen LogP contribution is 2.21. The fourth-order valence-electron chi connectivity index (χ4n) is 1.98. The summed E-state index contributed by atoms with van der Waals surface area (Å²) in [5, 5.41) is 12.4. The first-order valence-corrected chi connectivity index (χ1v) is 8.06. The molecule has 2 rings (SSSR count). The molecule has 5 heteroatoms. The van der Waals surface area contributed by atoms with Crippen molar-refractivity contribution >= 4 is 37.8 Å². The Bertz CT molecular complexity index is 658. The van der Waals surface area contributed by atoms with E-state index >= 15 is 0 Å². The van der Waals surface area contributed by atoms with Gasteiger partial charge in [-0.3, -0.25) is 0 Å². The van der Waals surface area contributed by atoms with Gasteiger partial charge in [-0.2, -0.15) is 0 Å². The summed E-state index contributed by atoms with van der Waals surface area (Å²) < 4.78 is 1.86. The summed E-state index contributed by atoms with van der Waals surface area (Å²) >= 11 is 6.89. The first kappa shape index (κ1) is 16.2. The van der Waals surface area contributed by atoms with Crippen LogP contribution in [0.25, 0.3) is 0 Å². The summed E-state index contributed by atoms with van der Waals surface area (Å²) in [4.78, 5) is 10.9. The molecule has 0 aromatic heterocycles. The molecule has 0 spiro atoms. The first-order valence-electron chi connectivity index (χ1n) is 6.48. The summed E-state index contributed by atoms with van der Waals surface area (Å²) in [6.07, 6.45) is 0. The van der Waals surface area contributed by atoms with Crippen molar-refractivity contribution in [1.82, 2.24) is 5.32 Å². The molecule has 0 fully saturated rings. The highest BCUT2D eigenvalue weighted by molar-refractivity contribution is 9.10. The van der Waals surface area contributed by atoms with Crippen molar-refractivity contribution in [3.8, 4) is 0 Å². The number of carboxylic acids is 1. The third-order valence-corrected chi connectivity index (χ3v) is 4.48. The van der Waals surface area contributed by atoms with Crippen LogP contribution in [0, 0.1) is 0 Å². The van der Waals surface area contributed by atoms with Gasteiger partial charge < -0.3 is 10.4 Å². The zero-order valence-electron chi connectivity index (χ0n) is 11.4. The van der Waals surface area contributed by atoms with Crippen molar-refractivity contribution in [3.05, 3.63) is 68.1 Å². The average molecular weight is 413 g/mol. The Morgan fingerprint density at radius 3 is 2.62 bits per heavy atom. The van der Waals surface area contributed by atoms with Crippen molar-refractivity contribution < 1.29 is 9.90 Å².